The van der Waals surface area contributed by atoms with Crippen molar-refractivity contribution in [1.82, 2.24) is 15.1 Å². The van der Waals surface area contributed by atoms with Gasteiger partial charge in [0.05, 0.1) is 30.6 Å². The van der Waals surface area contributed by atoms with Gasteiger partial charge in [-0.05, 0) is 38.2 Å². The summed E-state index contributed by atoms with van der Waals surface area (Å²) in [5.74, 6) is -3.26. The monoisotopic (exact) mass is 595 g/mol. The Kier molecular flexibility index (Phi) is 10.8. The van der Waals surface area contributed by atoms with Crippen molar-refractivity contribution < 1.29 is 33.8 Å². The maximum absolute atomic E-state index is 14.1. The van der Waals surface area contributed by atoms with E-state index >= 15 is 0 Å². The summed E-state index contributed by atoms with van der Waals surface area (Å²) in [6.07, 6.45) is 5.35. The molecular weight excluding hydrogens is 550 g/mol. The number of likely N-dealkylation sites (tertiary alicyclic amines) is 1. The zero-order valence-electron chi connectivity index (χ0n) is 25.3. The molecule has 3 aliphatic rings. The minimum Gasteiger partial charge on any atom is -0.455 e. The Bertz CT molecular complexity index is 1190. The molecule has 4 rings (SSSR count). The van der Waals surface area contributed by atoms with E-state index in [9.17, 15) is 24.3 Å². The first kappa shape index (κ1) is 32.4. The van der Waals surface area contributed by atoms with Crippen LogP contribution >= 0.6 is 0 Å². The molecule has 1 spiro atoms. The average Bonchev–Trinajstić information content (AvgIpc) is 3.64. The third-order valence-corrected chi connectivity index (χ3v) is 8.88. The number of amides is 3. The Hall–Kier alpha value is -3.50. The van der Waals surface area contributed by atoms with Gasteiger partial charge in [0.1, 0.15) is 17.7 Å². The van der Waals surface area contributed by atoms with Crippen molar-refractivity contribution in [3.8, 4) is 0 Å². The number of rotatable bonds is 16. The van der Waals surface area contributed by atoms with Crippen LogP contribution in [0, 0.1) is 11.8 Å². The predicted octanol–water partition coefficient (Wildman–Crippen LogP) is 2.92. The molecular formula is C33H45N3O7. The van der Waals surface area contributed by atoms with E-state index in [2.05, 4.69) is 18.5 Å². The molecule has 1 aromatic carbocycles. The molecule has 1 aromatic rings. The van der Waals surface area contributed by atoms with Crippen LogP contribution in [0.15, 0.2) is 55.6 Å². The average molecular weight is 596 g/mol. The molecule has 0 radical (unpaired) electrons. The summed E-state index contributed by atoms with van der Waals surface area (Å²) in [4.78, 5) is 57.7. The molecule has 2 bridgehead atoms. The van der Waals surface area contributed by atoms with Crippen molar-refractivity contribution >= 4 is 23.7 Å². The zero-order chi connectivity index (χ0) is 31.1. The fraction of sp³-hybridized carbons (Fsp3) is 0.576. The molecule has 10 heteroatoms. The Morgan fingerprint density at radius 3 is 2.65 bits per heavy atom. The van der Waals surface area contributed by atoms with Crippen LogP contribution in [0.1, 0.15) is 64.0 Å². The number of unbranched alkanes of at least 4 members (excludes halogenated alkanes) is 1. The number of nitrogens with one attached hydrogen (secondary N) is 1. The quantitative estimate of drug-likeness (QED) is 0.222. The third kappa shape index (κ3) is 6.40. The number of esters is 1. The van der Waals surface area contributed by atoms with E-state index in [-0.39, 0.29) is 37.3 Å². The first-order valence-electron chi connectivity index (χ1n) is 15.4. The number of hydrogen-bond acceptors (Lipinski definition) is 7. The van der Waals surface area contributed by atoms with Gasteiger partial charge in [-0.3, -0.25) is 19.2 Å². The number of carbonyl (C=O) groups excluding carboxylic acids is 4. The minimum atomic E-state index is -1.18. The van der Waals surface area contributed by atoms with Gasteiger partial charge >= 0.3 is 5.97 Å². The lowest BCUT2D eigenvalue weighted by Gasteiger charge is -2.36. The third-order valence-electron chi connectivity index (χ3n) is 8.88. The van der Waals surface area contributed by atoms with E-state index in [4.69, 9.17) is 9.47 Å². The van der Waals surface area contributed by atoms with Gasteiger partial charge in [-0.15, -0.1) is 13.2 Å². The van der Waals surface area contributed by atoms with Crippen molar-refractivity contribution in [3.05, 3.63) is 61.2 Å². The second-order valence-corrected chi connectivity index (χ2v) is 11.7. The van der Waals surface area contributed by atoms with Crippen LogP contribution in [-0.4, -0.2) is 88.6 Å². The summed E-state index contributed by atoms with van der Waals surface area (Å²) < 4.78 is 12.6. The molecule has 2 N–H and O–H groups in total. The van der Waals surface area contributed by atoms with E-state index in [1.54, 1.807) is 24.0 Å². The number of nitrogens with zero attached hydrogens (tertiary/aromatic N) is 2. The predicted molar refractivity (Wildman–Crippen MR) is 160 cm³/mol. The second kappa shape index (κ2) is 14.3. The highest BCUT2D eigenvalue weighted by atomic mass is 16.6. The van der Waals surface area contributed by atoms with Crippen LogP contribution in [-0.2, 0) is 28.7 Å². The molecule has 43 heavy (non-hydrogen) atoms. The van der Waals surface area contributed by atoms with E-state index in [1.165, 1.54) is 4.90 Å². The van der Waals surface area contributed by atoms with Gasteiger partial charge in [0.25, 0.3) is 0 Å². The lowest BCUT2D eigenvalue weighted by molar-refractivity contribution is -0.162. The Labute approximate surface area is 254 Å². The maximum atomic E-state index is 14.1. The zero-order valence-corrected chi connectivity index (χ0v) is 25.3. The summed E-state index contributed by atoms with van der Waals surface area (Å²) in [5.41, 5.74) is -0.481. The Morgan fingerprint density at radius 1 is 1.26 bits per heavy atom. The lowest BCUT2D eigenvalue weighted by Crippen LogP contribution is -2.56. The highest BCUT2D eigenvalue weighted by Gasteiger charge is 2.75. The molecule has 3 saturated heterocycles. The molecule has 0 aliphatic carbocycles. The number of benzene rings is 1. The number of β-amino-alcohol motifs (C(OH)–C–C–N with tert-alkyl or cyclic N) is 1. The number of fused-ring (bicyclic) bond motifs is 1. The summed E-state index contributed by atoms with van der Waals surface area (Å²) in [5, 5.41) is 12.8. The maximum Gasteiger partial charge on any atom is 0.313 e. The normalized spacial score (nSPS) is 26.9. The highest BCUT2D eigenvalue weighted by molar-refractivity contribution is 5.98. The van der Waals surface area contributed by atoms with E-state index in [1.807, 2.05) is 37.3 Å². The van der Waals surface area contributed by atoms with Gasteiger partial charge < -0.3 is 29.7 Å². The number of hydrogen-bond donors (Lipinski definition) is 2. The molecule has 3 amide bonds. The fourth-order valence-electron chi connectivity index (χ4n) is 6.96. The van der Waals surface area contributed by atoms with Gasteiger partial charge in [-0.1, -0.05) is 55.8 Å². The molecule has 7 atom stereocenters. The first-order valence-corrected chi connectivity index (χ1v) is 15.4. The molecule has 234 valence electrons. The van der Waals surface area contributed by atoms with Crippen molar-refractivity contribution in [1.29, 1.82) is 0 Å². The molecule has 0 unspecified atom stereocenters. The first-order chi connectivity index (χ1) is 20.7. The number of carbonyl (C=O) groups is 4. The number of ether oxygens (including phenoxy) is 2. The largest absolute Gasteiger partial charge is 0.455 e. The summed E-state index contributed by atoms with van der Waals surface area (Å²) in [6.45, 7) is 11.7. The number of aliphatic hydroxyl groups is 1. The van der Waals surface area contributed by atoms with Crippen LogP contribution in [0.2, 0.25) is 0 Å². The van der Waals surface area contributed by atoms with Crippen LogP contribution in [0.3, 0.4) is 0 Å². The van der Waals surface area contributed by atoms with Crippen molar-refractivity contribution in [2.24, 2.45) is 11.8 Å². The second-order valence-electron chi connectivity index (χ2n) is 11.7. The molecule has 3 fully saturated rings. The SMILES string of the molecule is C=CCCC(=O)N[C@H](C)[C@@H](OC(=O)[C@@H]1[C@@H]2CC[C@]3(O2)[C@H](C(=O)N(CC=C)CCCC)N(CCO)C(=O)[C@@H]13)c1ccccc1. The fourth-order valence-corrected chi connectivity index (χ4v) is 6.96. The number of aliphatic hydroxyl groups excluding tert-OH is 1. The van der Waals surface area contributed by atoms with Crippen LogP contribution < -0.4 is 5.32 Å². The summed E-state index contributed by atoms with van der Waals surface area (Å²) in [7, 11) is 0. The topological polar surface area (TPSA) is 125 Å². The minimum absolute atomic E-state index is 0.0423. The van der Waals surface area contributed by atoms with Crippen molar-refractivity contribution in [3.63, 3.8) is 0 Å². The Balaban J connectivity index is 1.62. The van der Waals surface area contributed by atoms with Crippen molar-refractivity contribution in [2.75, 3.05) is 26.2 Å². The number of allylic oxidation sites excluding steroid dienone is 1. The van der Waals surface area contributed by atoms with Crippen molar-refractivity contribution in [2.45, 2.75) is 82.3 Å². The smallest absolute Gasteiger partial charge is 0.313 e. The van der Waals surface area contributed by atoms with Gasteiger partial charge in [0, 0.05) is 26.1 Å². The van der Waals surface area contributed by atoms with Crippen LogP contribution in [0.25, 0.3) is 0 Å². The standard InChI is InChI=1S/C33H45N3O7/c1-5-8-15-25(38)34-22(4)28(23-13-11-10-12-14-23)42-32(41)26-24-16-17-33(43-24)27(26)30(39)36(20-21-37)29(33)31(40)35(18-7-3)19-9-6-2/h5,7,10-14,22,24,26-29,37H,1,3,6,8-9,15-21H2,2,4H3,(H,34,38)/t22-,24+,26-,27-,28-,29+,33-/m1/s1. The van der Waals surface area contributed by atoms with Gasteiger partial charge in [-0.25, -0.2) is 0 Å². The van der Waals surface area contributed by atoms with E-state index < -0.39 is 47.7 Å². The van der Waals surface area contributed by atoms with E-state index in [0.717, 1.165) is 12.8 Å². The summed E-state index contributed by atoms with van der Waals surface area (Å²) >= 11 is 0. The molecule has 3 aliphatic heterocycles. The highest BCUT2D eigenvalue weighted by Crippen LogP contribution is 2.59. The van der Waals surface area contributed by atoms with Gasteiger partial charge in [0.15, 0.2) is 0 Å². The van der Waals surface area contributed by atoms with Gasteiger partial charge in [-0.2, -0.15) is 0 Å². The lowest BCUT2D eigenvalue weighted by atomic mass is 9.70. The van der Waals surface area contributed by atoms with E-state index in [0.29, 0.717) is 37.9 Å². The van der Waals surface area contributed by atoms with Crippen LogP contribution in [0.5, 0.6) is 0 Å². The molecule has 10 nitrogen and oxygen atoms in total. The summed E-state index contributed by atoms with van der Waals surface area (Å²) in [6, 6.07) is 7.65. The Morgan fingerprint density at radius 2 is 2.00 bits per heavy atom. The van der Waals surface area contributed by atoms with Crippen LogP contribution in [0.4, 0.5) is 0 Å². The van der Waals surface area contributed by atoms with Gasteiger partial charge in [0.2, 0.25) is 17.7 Å². The molecule has 0 aromatic heterocycles. The molecule has 3 heterocycles. The molecule has 0 saturated carbocycles.